The SMILES string of the molecule is CNc1nc2cc3c(cc2s1)OCCO3. The molecule has 0 aliphatic carbocycles. The lowest BCUT2D eigenvalue weighted by Crippen LogP contribution is -2.15. The number of nitrogens with one attached hydrogen (secondary N) is 1. The van der Waals surface area contributed by atoms with E-state index in [1.54, 1.807) is 11.3 Å². The summed E-state index contributed by atoms with van der Waals surface area (Å²) >= 11 is 1.61. The van der Waals surface area contributed by atoms with E-state index >= 15 is 0 Å². The highest BCUT2D eigenvalue weighted by Crippen LogP contribution is 2.37. The molecule has 5 heteroatoms. The molecule has 0 saturated carbocycles. The molecule has 1 aromatic carbocycles. The lowest BCUT2D eigenvalue weighted by atomic mass is 10.3. The Balaban J connectivity index is 2.19. The molecule has 0 spiro atoms. The highest BCUT2D eigenvalue weighted by molar-refractivity contribution is 7.22. The van der Waals surface area contributed by atoms with E-state index in [-0.39, 0.29) is 0 Å². The fraction of sp³-hybridized carbons (Fsp3) is 0.300. The Hall–Kier alpha value is -1.49. The summed E-state index contributed by atoms with van der Waals surface area (Å²) in [5, 5.41) is 3.94. The molecule has 0 radical (unpaired) electrons. The maximum atomic E-state index is 5.51. The molecule has 0 amide bonds. The first-order valence-electron chi connectivity index (χ1n) is 4.75. The second kappa shape index (κ2) is 3.27. The maximum Gasteiger partial charge on any atom is 0.183 e. The Morgan fingerprint density at radius 3 is 2.73 bits per heavy atom. The summed E-state index contributed by atoms with van der Waals surface area (Å²) < 4.78 is 12.1. The van der Waals surface area contributed by atoms with Gasteiger partial charge < -0.3 is 14.8 Å². The van der Waals surface area contributed by atoms with Gasteiger partial charge in [-0.25, -0.2) is 4.98 Å². The van der Waals surface area contributed by atoms with E-state index < -0.39 is 0 Å². The van der Waals surface area contributed by atoms with E-state index in [2.05, 4.69) is 10.3 Å². The molecule has 4 nitrogen and oxygen atoms in total. The molecule has 2 aromatic rings. The minimum Gasteiger partial charge on any atom is -0.486 e. The summed E-state index contributed by atoms with van der Waals surface area (Å²) in [5.74, 6) is 1.61. The van der Waals surface area contributed by atoms with Crippen molar-refractivity contribution in [3.8, 4) is 11.5 Å². The summed E-state index contributed by atoms with van der Waals surface area (Å²) in [5.41, 5.74) is 0.952. The average Bonchev–Trinajstić information content (AvgIpc) is 2.67. The molecule has 0 fully saturated rings. The van der Waals surface area contributed by atoms with Crippen LogP contribution in [0, 0.1) is 0 Å². The zero-order chi connectivity index (χ0) is 10.3. The van der Waals surface area contributed by atoms with E-state index in [1.807, 2.05) is 19.2 Å². The van der Waals surface area contributed by atoms with Crippen molar-refractivity contribution in [3.63, 3.8) is 0 Å². The Kier molecular flexibility index (Phi) is 1.92. The van der Waals surface area contributed by atoms with Crippen LogP contribution in [-0.2, 0) is 0 Å². The monoisotopic (exact) mass is 222 g/mol. The van der Waals surface area contributed by atoms with Crippen molar-refractivity contribution in [2.24, 2.45) is 0 Å². The largest absolute Gasteiger partial charge is 0.486 e. The number of fused-ring (bicyclic) bond motifs is 2. The first kappa shape index (κ1) is 8.79. The van der Waals surface area contributed by atoms with Crippen LogP contribution in [-0.4, -0.2) is 25.2 Å². The van der Waals surface area contributed by atoms with Gasteiger partial charge in [0, 0.05) is 19.2 Å². The highest BCUT2D eigenvalue weighted by Gasteiger charge is 2.14. The third-order valence-electron chi connectivity index (χ3n) is 2.27. The van der Waals surface area contributed by atoms with Crippen LogP contribution < -0.4 is 14.8 Å². The van der Waals surface area contributed by atoms with Crippen LogP contribution in [0.4, 0.5) is 5.13 Å². The van der Waals surface area contributed by atoms with E-state index in [1.165, 1.54) is 0 Å². The van der Waals surface area contributed by atoms with Gasteiger partial charge in [0.1, 0.15) is 13.2 Å². The van der Waals surface area contributed by atoms with Gasteiger partial charge in [-0.15, -0.1) is 0 Å². The van der Waals surface area contributed by atoms with Crippen LogP contribution in [0.2, 0.25) is 0 Å². The number of hydrogen-bond acceptors (Lipinski definition) is 5. The van der Waals surface area contributed by atoms with Crippen LogP contribution in [0.5, 0.6) is 11.5 Å². The number of rotatable bonds is 1. The van der Waals surface area contributed by atoms with Gasteiger partial charge in [0.2, 0.25) is 0 Å². The van der Waals surface area contributed by atoms with Gasteiger partial charge in [-0.2, -0.15) is 0 Å². The first-order valence-corrected chi connectivity index (χ1v) is 5.56. The van der Waals surface area contributed by atoms with Gasteiger partial charge in [0.15, 0.2) is 16.6 Å². The molecule has 3 rings (SSSR count). The van der Waals surface area contributed by atoms with Gasteiger partial charge in [-0.3, -0.25) is 0 Å². The quantitative estimate of drug-likeness (QED) is 0.802. The zero-order valence-electron chi connectivity index (χ0n) is 8.24. The Bertz CT molecular complexity index is 466. The Labute approximate surface area is 90.8 Å². The third kappa shape index (κ3) is 1.39. The molecule has 0 bridgehead atoms. The number of aromatic nitrogens is 1. The predicted octanol–water partition coefficient (Wildman–Crippen LogP) is 2.11. The number of anilines is 1. The number of ether oxygens (including phenoxy) is 2. The molecular formula is C10H10N2O2S. The van der Waals surface area contributed by atoms with Gasteiger partial charge in [0.05, 0.1) is 10.2 Å². The summed E-state index contributed by atoms with van der Waals surface area (Å²) in [6.07, 6.45) is 0. The zero-order valence-corrected chi connectivity index (χ0v) is 9.06. The van der Waals surface area contributed by atoms with E-state index in [9.17, 15) is 0 Å². The van der Waals surface area contributed by atoms with Crippen LogP contribution in [0.25, 0.3) is 10.2 Å². The predicted molar refractivity (Wildman–Crippen MR) is 60.2 cm³/mol. The molecule has 0 atom stereocenters. The summed E-state index contributed by atoms with van der Waals surface area (Å²) in [6.45, 7) is 1.23. The fourth-order valence-corrected chi connectivity index (χ4v) is 2.40. The molecule has 1 N–H and O–H groups in total. The molecule has 15 heavy (non-hydrogen) atoms. The molecular weight excluding hydrogens is 212 g/mol. The van der Waals surface area contributed by atoms with Crippen molar-refractivity contribution in [2.75, 3.05) is 25.6 Å². The number of thiazole rings is 1. The normalized spacial score (nSPS) is 14.2. The lowest BCUT2D eigenvalue weighted by molar-refractivity contribution is 0.172. The standard InChI is InChI=1S/C10H10N2O2S/c1-11-10-12-6-4-7-8(5-9(6)15-10)14-3-2-13-7/h4-5H,2-3H2,1H3,(H,11,12). The number of benzene rings is 1. The van der Waals surface area contributed by atoms with Gasteiger partial charge >= 0.3 is 0 Å². The fourth-order valence-electron chi connectivity index (χ4n) is 1.57. The van der Waals surface area contributed by atoms with E-state index in [0.29, 0.717) is 13.2 Å². The number of nitrogens with zero attached hydrogens (tertiary/aromatic N) is 1. The molecule has 78 valence electrons. The van der Waals surface area contributed by atoms with Gasteiger partial charge in [0.25, 0.3) is 0 Å². The summed E-state index contributed by atoms with van der Waals surface area (Å²) in [6, 6.07) is 3.92. The van der Waals surface area contributed by atoms with Crippen LogP contribution >= 0.6 is 11.3 Å². The minimum absolute atomic E-state index is 0.613. The van der Waals surface area contributed by atoms with Crippen molar-refractivity contribution in [1.29, 1.82) is 0 Å². The van der Waals surface area contributed by atoms with Gasteiger partial charge in [-0.05, 0) is 0 Å². The van der Waals surface area contributed by atoms with Crippen molar-refractivity contribution < 1.29 is 9.47 Å². The second-order valence-electron chi connectivity index (χ2n) is 3.23. The van der Waals surface area contributed by atoms with Crippen LogP contribution in [0.3, 0.4) is 0 Å². The highest BCUT2D eigenvalue weighted by atomic mass is 32.1. The molecule has 1 aliphatic heterocycles. The van der Waals surface area contributed by atoms with Crippen molar-refractivity contribution in [2.45, 2.75) is 0 Å². The smallest absolute Gasteiger partial charge is 0.183 e. The first-order chi connectivity index (χ1) is 7.36. The van der Waals surface area contributed by atoms with Crippen molar-refractivity contribution >= 4 is 26.7 Å². The average molecular weight is 222 g/mol. The topological polar surface area (TPSA) is 43.4 Å². The molecule has 2 heterocycles. The van der Waals surface area contributed by atoms with Crippen LogP contribution in [0.1, 0.15) is 0 Å². The molecule has 1 aromatic heterocycles. The summed E-state index contributed by atoms with van der Waals surface area (Å²) in [4.78, 5) is 4.41. The minimum atomic E-state index is 0.613. The summed E-state index contributed by atoms with van der Waals surface area (Å²) in [7, 11) is 1.87. The van der Waals surface area contributed by atoms with Crippen molar-refractivity contribution in [3.05, 3.63) is 12.1 Å². The number of hydrogen-bond donors (Lipinski definition) is 1. The van der Waals surface area contributed by atoms with E-state index in [4.69, 9.17) is 9.47 Å². The van der Waals surface area contributed by atoms with Gasteiger partial charge in [-0.1, -0.05) is 11.3 Å². The Morgan fingerprint density at radius 1 is 1.27 bits per heavy atom. The molecule has 1 aliphatic rings. The van der Waals surface area contributed by atoms with Crippen LogP contribution in [0.15, 0.2) is 12.1 Å². The maximum absolute atomic E-state index is 5.51. The van der Waals surface area contributed by atoms with Crippen molar-refractivity contribution in [1.82, 2.24) is 4.98 Å². The second-order valence-corrected chi connectivity index (χ2v) is 4.26. The third-order valence-corrected chi connectivity index (χ3v) is 3.30. The van der Waals surface area contributed by atoms with E-state index in [0.717, 1.165) is 26.8 Å². The molecule has 0 unspecified atom stereocenters. The molecule has 0 saturated heterocycles. The Morgan fingerprint density at radius 2 is 2.00 bits per heavy atom. The lowest BCUT2D eigenvalue weighted by Gasteiger charge is -2.17.